The first kappa shape index (κ1) is 23.3. The Morgan fingerprint density at radius 1 is 0.963 bits per heavy atom. The number of ether oxygens (including phenoxy) is 1. The van der Waals surface area contributed by atoms with Crippen molar-refractivity contribution in [1.82, 2.24) is 4.90 Å². The molecule has 160 valence electrons. The molecule has 1 aliphatic heterocycles. The maximum atomic E-state index is 10.6. The van der Waals surface area contributed by atoms with Gasteiger partial charge in [-0.1, -0.05) is 0 Å². The number of aliphatic hydroxyl groups excluding tert-OH is 1. The highest BCUT2D eigenvalue weighted by Crippen LogP contribution is 2.34. The van der Waals surface area contributed by atoms with Crippen LogP contribution in [-0.2, 0) is 18.0 Å². The lowest BCUT2D eigenvalue weighted by Crippen LogP contribution is -2.55. The van der Waals surface area contributed by atoms with E-state index in [1.54, 1.807) is 0 Å². The molecule has 2 aliphatic rings. The summed E-state index contributed by atoms with van der Waals surface area (Å²) >= 11 is 0. The summed E-state index contributed by atoms with van der Waals surface area (Å²) in [5.41, 5.74) is 0. The van der Waals surface area contributed by atoms with E-state index in [0.29, 0.717) is 25.7 Å². The zero-order chi connectivity index (χ0) is 19.9. The van der Waals surface area contributed by atoms with E-state index in [2.05, 4.69) is 18.7 Å². The highest BCUT2D eigenvalue weighted by molar-refractivity contribution is 6.60. The minimum absolute atomic E-state index is 0.230. The van der Waals surface area contributed by atoms with Gasteiger partial charge < -0.3 is 23.1 Å². The largest absolute Gasteiger partial charge is 0.500 e. The van der Waals surface area contributed by atoms with Gasteiger partial charge >= 0.3 is 8.80 Å². The van der Waals surface area contributed by atoms with Gasteiger partial charge in [0, 0.05) is 45.0 Å². The van der Waals surface area contributed by atoms with E-state index in [1.807, 2.05) is 20.8 Å². The molecule has 5 atom stereocenters. The summed E-state index contributed by atoms with van der Waals surface area (Å²) in [6, 6.07) is 1.10. The summed E-state index contributed by atoms with van der Waals surface area (Å²) in [5.74, 6) is 0.583. The third-order valence-corrected chi connectivity index (χ3v) is 8.84. The molecule has 1 aliphatic carbocycles. The van der Waals surface area contributed by atoms with Gasteiger partial charge in [0.05, 0.1) is 18.3 Å². The van der Waals surface area contributed by atoms with Gasteiger partial charge in [-0.25, -0.2) is 0 Å². The first-order valence-corrected chi connectivity index (χ1v) is 12.9. The molecule has 2 rings (SSSR count). The molecule has 0 aromatic carbocycles. The maximum Gasteiger partial charge on any atom is 0.500 e. The Kier molecular flexibility index (Phi) is 9.68. The molecule has 1 saturated heterocycles. The maximum absolute atomic E-state index is 10.6. The van der Waals surface area contributed by atoms with E-state index in [9.17, 15) is 5.11 Å². The molecule has 0 aromatic rings. The Morgan fingerprint density at radius 3 is 2.04 bits per heavy atom. The van der Waals surface area contributed by atoms with Gasteiger partial charge in [0.1, 0.15) is 0 Å². The summed E-state index contributed by atoms with van der Waals surface area (Å²) in [6.45, 7) is 14.0. The molecule has 7 heteroatoms. The van der Waals surface area contributed by atoms with Gasteiger partial charge in [0.2, 0.25) is 0 Å². The van der Waals surface area contributed by atoms with Crippen LogP contribution in [0.1, 0.15) is 60.3 Å². The summed E-state index contributed by atoms with van der Waals surface area (Å²) in [5, 5.41) is 10.6. The Balaban J connectivity index is 1.95. The van der Waals surface area contributed by atoms with Crippen LogP contribution in [0.15, 0.2) is 0 Å². The molecule has 0 bridgehead atoms. The Labute approximate surface area is 166 Å². The fraction of sp³-hybridized carbons (Fsp3) is 1.00. The predicted octanol–water partition coefficient (Wildman–Crippen LogP) is 3.06. The molecule has 1 N–H and O–H groups in total. The van der Waals surface area contributed by atoms with Gasteiger partial charge in [-0.2, -0.15) is 0 Å². The van der Waals surface area contributed by atoms with Crippen molar-refractivity contribution in [2.24, 2.45) is 5.92 Å². The second kappa shape index (κ2) is 11.2. The topological polar surface area (TPSA) is 60.4 Å². The molecule has 0 amide bonds. The van der Waals surface area contributed by atoms with Gasteiger partial charge in [0.25, 0.3) is 0 Å². The summed E-state index contributed by atoms with van der Waals surface area (Å²) < 4.78 is 23.9. The fourth-order valence-electron chi connectivity index (χ4n) is 4.74. The van der Waals surface area contributed by atoms with Gasteiger partial charge in [-0.3, -0.25) is 4.90 Å². The third-order valence-electron chi connectivity index (χ3n) is 5.76. The Morgan fingerprint density at radius 2 is 1.52 bits per heavy atom. The van der Waals surface area contributed by atoms with Gasteiger partial charge in [0.15, 0.2) is 0 Å². The molecule has 27 heavy (non-hydrogen) atoms. The van der Waals surface area contributed by atoms with Crippen molar-refractivity contribution >= 4 is 8.80 Å². The summed E-state index contributed by atoms with van der Waals surface area (Å²) in [6.07, 6.45) is 4.27. The number of aliphatic hydroxyl groups is 1. The standard InChI is InChI=1S/C20H41NO5Si/c1-6-23-27(24-7-2,25-8-3)12-11-18-9-10-20(22)19(13-18)21-14-16(4)26-17(5)15-21/h16-20,22H,6-15H2,1-5H3. The van der Waals surface area contributed by atoms with Gasteiger partial charge in [-0.15, -0.1) is 0 Å². The fourth-order valence-corrected chi connectivity index (χ4v) is 7.50. The smallest absolute Gasteiger partial charge is 0.391 e. The molecular formula is C20H41NO5Si. The van der Waals surface area contributed by atoms with Crippen LogP contribution in [0.5, 0.6) is 0 Å². The Bertz CT molecular complexity index is 400. The third kappa shape index (κ3) is 6.77. The van der Waals surface area contributed by atoms with Crippen molar-refractivity contribution in [3.05, 3.63) is 0 Å². The second-order valence-corrected chi connectivity index (χ2v) is 10.8. The normalized spacial score (nSPS) is 33.3. The van der Waals surface area contributed by atoms with E-state index >= 15 is 0 Å². The monoisotopic (exact) mass is 403 g/mol. The van der Waals surface area contributed by atoms with Crippen LogP contribution in [0.25, 0.3) is 0 Å². The molecule has 1 heterocycles. The van der Waals surface area contributed by atoms with E-state index in [4.69, 9.17) is 18.0 Å². The average Bonchev–Trinajstić information content (AvgIpc) is 2.61. The number of hydrogen-bond donors (Lipinski definition) is 1. The highest BCUT2D eigenvalue weighted by atomic mass is 28.4. The van der Waals surface area contributed by atoms with E-state index < -0.39 is 8.80 Å². The zero-order valence-electron chi connectivity index (χ0n) is 18.0. The van der Waals surface area contributed by atoms with Crippen molar-refractivity contribution in [2.75, 3.05) is 32.9 Å². The van der Waals surface area contributed by atoms with Gasteiger partial charge in [-0.05, 0) is 66.2 Å². The van der Waals surface area contributed by atoms with E-state index in [-0.39, 0.29) is 24.4 Å². The number of morpholine rings is 1. The molecule has 0 radical (unpaired) electrons. The Hall–Kier alpha value is -0.0231. The van der Waals surface area contributed by atoms with Crippen LogP contribution >= 0.6 is 0 Å². The number of hydrogen-bond acceptors (Lipinski definition) is 6. The van der Waals surface area contributed by atoms with Crippen LogP contribution in [0.2, 0.25) is 6.04 Å². The molecule has 6 nitrogen and oxygen atoms in total. The van der Waals surface area contributed by atoms with Crippen molar-refractivity contribution in [3.63, 3.8) is 0 Å². The predicted molar refractivity (Wildman–Crippen MR) is 109 cm³/mol. The first-order chi connectivity index (χ1) is 12.9. The lowest BCUT2D eigenvalue weighted by atomic mass is 9.81. The van der Waals surface area contributed by atoms with Crippen molar-refractivity contribution < 1.29 is 23.1 Å². The van der Waals surface area contributed by atoms with Crippen LogP contribution in [0.4, 0.5) is 0 Å². The van der Waals surface area contributed by atoms with E-state index in [1.165, 1.54) is 0 Å². The lowest BCUT2D eigenvalue weighted by molar-refractivity contribution is -0.106. The quantitative estimate of drug-likeness (QED) is 0.566. The highest BCUT2D eigenvalue weighted by Gasteiger charge is 2.42. The molecule has 1 saturated carbocycles. The van der Waals surface area contributed by atoms with Crippen molar-refractivity contribution in [2.45, 2.75) is 90.7 Å². The van der Waals surface area contributed by atoms with Crippen LogP contribution in [0.3, 0.4) is 0 Å². The minimum Gasteiger partial charge on any atom is -0.391 e. The van der Waals surface area contributed by atoms with Crippen LogP contribution in [-0.4, -0.2) is 76.1 Å². The van der Waals surface area contributed by atoms with Crippen LogP contribution < -0.4 is 0 Å². The van der Waals surface area contributed by atoms with E-state index in [0.717, 1.165) is 44.8 Å². The minimum atomic E-state index is -2.58. The number of rotatable bonds is 10. The van der Waals surface area contributed by atoms with Crippen molar-refractivity contribution in [1.29, 1.82) is 0 Å². The lowest BCUT2D eigenvalue weighted by Gasteiger charge is -2.45. The number of nitrogens with zero attached hydrogens (tertiary/aromatic N) is 1. The molecular weight excluding hydrogens is 362 g/mol. The van der Waals surface area contributed by atoms with Crippen molar-refractivity contribution in [3.8, 4) is 0 Å². The summed E-state index contributed by atoms with van der Waals surface area (Å²) in [4.78, 5) is 2.45. The molecule has 0 aromatic heterocycles. The SMILES string of the molecule is CCO[Si](CCC1CCC(O)C(N2CC(C)OC(C)C2)C1)(OCC)OCC. The molecule has 2 fully saturated rings. The summed E-state index contributed by atoms with van der Waals surface area (Å²) in [7, 11) is -2.58. The molecule has 0 spiro atoms. The average molecular weight is 404 g/mol. The van der Waals surface area contributed by atoms with Crippen LogP contribution in [0, 0.1) is 5.92 Å². The second-order valence-electron chi connectivity index (χ2n) is 8.05. The first-order valence-electron chi connectivity index (χ1n) is 10.9. The zero-order valence-corrected chi connectivity index (χ0v) is 19.0. The molecule has 5 unspecified atom stereocenters.